The Balaban J connectivity index is 1.85. The van der Waals surface area contributed by atoms with E-state index in [0.29, 0.717) is 12.1 Å². The quantitative estimate of drug-likeness (QED) is 0.807. The third-order valence-corrected chi connectivity index (χ3v) is 3.61. The van der Waals surface area contributed by atoms with Crippen LogP contribution in [-0.4, -0.2) is 47.6 Å². The standard InChI is InChI=1S/C15H20N2O3/c18-10-9-17(13-7-4-8-13)14(19)11-16-15(20)12-5-2-1-3-6-12/h1-3,5-6,13,18H,4,7-11H2,(H,16,20). The number of amides is 2. The van der Waals surface area contributed by atoms with Crippen molar-refractivity contribution in [3.63, 3.8) is 0 Å². The first kappa shape index (κ1) is 14.5. The number of benzene rings is 1. The summed E-state index contributed by atoms with van der Waals surface area (Å²) in [6.07, 6.45) is 3.09. The van der Waals surface area contributed by atoms with Gasteiger partial charge in [0.15, 0.2) is 0 Å². The lowest BCUT2D eigenvalue weighted by atomic mass is 9.91. The molecule has 0 aliphatic heterocycles. The lowest BCUT2D eigenvalue weighted by Crippen LogP contribution is -2.49. The molecular formula is C15H20N2O3. The molecule has 1 aromatic carbocycles. The van der Waals surface area contributed by atoms with Gasteiger partial charge in [-0.1, -0.05) is 18.2 Å². The maximum Gasteiger partial charge on any atom is 0.251 e. The number of hydrogen-bond acceptors (Lipinski definition) is 3. The van der Waals surface area contributed by atoms with E-state index < -0.39 is 0 Å². The molecule has 1 aliphatic carbocycles. The number of nitrogens with zero attached hydrogens (tertiary/aromatic N) is 1. The predicted octanol–water partition coefficient (Wildman–Crippen LogP) is 0.790. The van der Waals surface area contributed by atoms with Gasteiger partial charge in [-0.05, 0) is 31.4 Å². The van der Waals surface area contributed by atoms with E-state index in [4.69, 9.17) is 5.11 Å². The van der Waals surface area contributed by atoms with Crippen molar-refractivity contribution in [2.24, 2.45) is 0 Å². The van der Waals surface area contributed by atoms with Crippen LogP contribution in [0.5, 0.6) is 0 Å². The molecule has 2 amide bonds. The maximum atomic E-state index is 12.1. The average Bonchev–Trinajstić information content (AvgIpc) is 2.43. The molecule has 5 nitrogen and oxygen atoms in total. The molecule has 20 heavy (non-hydrogen) atoms. The molecule has 0 spiro atoms. The summed E-state index contributed by atoms with van der Waals surface area (Å²) in [6, 6.07) is 9.03. The minimum Gasteiger partial charge on any atom is -0.395 e. The van der Waals surface area contributed by atoms with Crippen molar-refractivity contribution in [2.75, 3.05) is 19.7 Å². The number of aliphatic hydroxyl groups excluding tert-OH is 1. The van der Waals surface area contributed by atoms with E-state index in [9.17, 15) is 9.59 Å². The topological polar surface area (TPSA) is 69.6 Å². The van der Waals surface area contributed by atoms with Gasteiger partial charge in [-0.3, -0.25) is 9.59 Å². The fraction of sp³-hybridized carbons (Fsp3) is 0.467. The normalized spacial score (nSPS) is 14.4. The van der Waals surface area contributed by atoms with Crippen LogP contribution in [0, 0.1) is 0 Å². The summed E-state index contributed by atoms with van der Waals surface area (Å²) < 4.78 is 0. The van der Waals surface area contributed by atoms with E-state index >= 15 is 0 Å². The molecule has 2 rings (SSSR count). The summed E-state index contributed by atoms with van der Waals surface area (Å²) in [5.41, 5.74) is 0.539. The Bertz CT molecular complexity index is 457. The van der Waals surface area contributed by atoms with Crippen LogP contribution in [0.2, 0.25) is 0 Å². The highest BCUT2D eigenvalue weighted by Crippen LogP contribution is 2.24. The molecular weight excluding hydrogens is 256 g/mol. The van der Waals surface area contributed by atoms with Gasteiger partial charge in [0.1, 0.15) is 0 Å². The lowest BCUT2D eigenvalue weighted by Gasteiger charge is -2.37. The highest BCUT2D eigenvalue weighted by molar-refractivity contribution is 5.96. The van der Waals surface area contributed by atoms with Crippen molar-refractivity contribution in [2.45, 2.75) is 25.3 Å². The van der Waals surface area contributed by atoms with E-state index in [1.54, 1.807) is 29.2 Å². The van der Waals surface area contributed by atoms with Crippen LogP contribution in [-0.2, 0) is 4.79 Å². The number of rotatable bonds is 6. The van der Waals surface area contributed by atoms with Crippen molar-refractivity contribution in [1.82, 2.24) is 10.2 Å². The largest absolute Gasteiger partial charge is 0.395 e. The molecule has 0 heterocycles. The van der Waals surface area contributed by atoms with Crippen LogP contribution in [0.3, 0.4) is 0 Å². The van der Waals surface area contributed by atoms with Gasteiger partial charge in [0.05, 0.1) is 13.2 Å². The van der Waals surface area contributed by atoms with Crippen LogP contribution in [0.15, 0.2) is 30.3 Å². The fourth-order valence-electron chi connectivity index (χ4n) is 2.27. The first-order valence-electron chi connectivity index (χ1n) is 6.96. The Hall–Kier alpha value is -1.88. The Kier molecular flexibility index (Phi) is 5.12. The second kappa shape index (κ2) is 7.05. The monoisotopic (exact) mass is 276 g/mol. The Labute approximate surface area is 118 Å². The summed E-state index contributed by atoms with van der Waals surface area (Å²) in [5.74, 6) is -0.385. The minimum atomic E-state index is -0.253. The molecule has 1 aliphatic rings. The maximum absolute atomic E-state index is 12.1. The first-order valence-corrected chi connectivity index (χ1v) is 6.96. The van der Waals surface area contributed by atoms with E-state index in [-0.39, 0.29) is 31.0 Å². The van der Waals surface area contributed by atoms with Crippen LogP contribution in [0.25, 0.3) is 0 Å². The van der Waals surface area contributed by atoms with Crippen molar-refractivity contribution in [3.8, 4) is 0 Å². The Morgan fingerprint density at radius 1 is 1.25 bits per heavy atom. The van der Waals surface area contributed by atoms with Crippen molar-refractivity contribution >= 4 is 11.8 Å². The van der Waals surface area contributed by atoms with Crippen LogP contribution >= 0.6 is 0 Å². The summed E-state index contributed by atoms with van der Waals surface area (Å²) in [7, 11) is 0. The predicted molar refractivity (Wildman–Crippen MR) is 75.2 cm³/mol. The molecule has 1 aromatic rings. The summed E-state index contributed by atoms with van der Waals surface area (Å²) in [4.78, 5) is 25.6. The molecule has 0 aromatic heterocycles. The molecule has 0 saturated heterocycles. The number of hydrogen-bond donors (Lipinski definition) is 2. The molecule has 5 heteroatoms. The highest BCUT2D eigenvalue weighted by atomic mass is 16.3. The van der Waals surface area contributed by atoms with Crippen LogP contribution in [0.1, 0.15) is 29.6 Å². The zero-order valence-corrected chi connectivity index (χ0v) is 11.4. The average molecular weight is 276 g/mol. The third kappa shape index (κ3) is 3.57. The molecule has 0 unspecified atom stereocenters. The van der Waals surface area contributed by atoms with E-state index in [1.807, 2.05) is 6.07 Å². The summed E-state index contributed by atoms with van der Waals surface area (Å²) >= 11 is 0. The lowest BCUT2D eigenvalue weighted by molar-refractivity contribution is -0.134. The molecule has 0 bridgehead atoms. The number of nitrogens with one attached hydrogen (secondary N) is 1. The van der Waals surface area contributed by atoms with Gasteiger partial charge in [0.2, 0.25) is 5.91 Å². The second-order valence-corrected chi connectivity index (χ2v) is 4.94. The molecule has 0 atom stereocenters. The zero-order chi connectivity index (χ0) is 14.4. The highest BCUT2D eigenvalue weighted by Gasteiger charge is 2.28. The van der Waals surface area contributed by atoms with E-state index in [0.717, 1.165) is 19.3 Å². The van der Waals surface area contributed by atoms with Crippen molar-refractivity contribution < 1.29 is 14.7 Å². The van der Waals surface area contributed by atoms with E-state index in [2.05, 4.69) is 5.32 Å². The molecule has 1 fully saturated rings. The van der Waals surface area contributed by atoms with Crippen molar-refractivity contribution in [1.29, 1.82) is 0 Å². The van der Waals surface area contributed by atoms with Gasteiger partial charge < -0.3 is 15.3 Å². The molecule has 1 saturated carbocycles. The van der Waals surface area contributed by atoms with Crippen LogP contribution < -0.4 is 5.32 Å². The van der Waals surface area contributed by atoms with E-state index in [1.165, 1.54) is 0 Å². The Morgan fingerprint density at radius 3 is 2.50 bits per heavy atom. The summed E-state index contributed by atoms with van der Waals surface area (Å²) in [5, 5.41) is 11.7. The summed E-state index contributed by atoms with van der Waals surface area (Å²) in [6.45, 7) is 0.268. The molecule has 0 radical (unpaired) electrons. The van der Waals surface area contributed by atoms with Gasteiger partial charge in [-0.15, -0.1) is 0 Å². The van der Waals surface area contributed by atoms with Gasteiger partial charge >= 0.3 is 0 Å². The van der Waals surface area contributed by atoms with Gasteiger partial charge in [0.25, 0.3) is 5.91 Å². The number of carbonyl (C=O) groups excluding carboxylic acids is 2. The SMILES string of the molecule is O=C(NCC(=O)N(CCO)C1CCC1)c1ccccc1. The van der Waals surface area contributed by atoms with Gasteiger partial charge in [0, 0.05) is 18.2 Å². The zero-order valence-electron chi connectivity index (χ0n) is 11.4. The van der Waals surface area contributed by atoms with Crippen molar-refractivity contribution in [3.05, 3.63) is 35.9 Å². The number of carbonyl (C=O) groups is 2. The first-order chi connectivity index (χ1) is 9.72. The second-order valence-electron chi connectivity index (χ2n) is 4.94. The Morgan fingerprint density at radius 2 is 1.95 bits per heavy atom. The van der Waals surface area contributed by atoms with Gasteiger partial charge in [-0.2, -0.15) is 0 Å². The minimum absolute atomic E-state index is 0.0236. The fourth-order valence-corrected chi connectivity index (χ4v) is 2.27. The smallest absolute Gasteiger partial charge is 0.251 e. The van der Waals surface area contributed by atoms with Gasteiger partial charge in [-0.25, -0.2) is 0 Å². The molecule has 2 N–H and O–H groups in total. The third-order valence-electron chi connectivity index (χ3n) is 3.61. The molecule has 108 valence electrons. The van der Waals surface area contributed by atoms with Crippen LogP contribution in [0.4, 0.5) is 0 Å². The number of aliphatic hydroxyl groups is 1.